The second-order valence-corrected chi connectivity index (χ2v) is 7.96. The van der Waals surface area contributed by atoms with Crippen LogP contribution in [0.15, 0.2) is 18.2 Å². The van der Waals surface area contributed by atoms with Crippen molar-refractivity contribution in [2.75, 3.05) is 34.4 Å². The molecule has 0 aromatic heterocycles. The van der Waals surface area contributed by atoms with Crippen LogP contribution < -0.4 is 14.8 Å². The number of carbonyl (C=O) groups is 1. The molecule has 1 aromatic carbocycles. The summed E-state index contributed by atoms with van der Waals surface area (Å²) >= 11 is 0. The van der Waals surface area contributed by atoms with Gasteiger partial charge in [-0.15, -0.1) is 0 Å². The predicted octanol–water partition coefficient (Wildman–Crippen LogP) is 2.34. The number of ether oxygens (including phenoxy) is 2. The van der Waals surface area contributed by atoms with Crippen molar-refractivity contribution in [1.82, 2.24) is 10.2 Å². The van der Waals surface area contributed by atoms with Gasteiger partial charge in [0.2, 0.25) is 5.91 Å². The number of nitrogens with zero attached hydrogens (tertiary/aromatic N) is 1. The lowest BCUT2D eigenvalue weighted by atomic mass is 9.58. The summed E-state index contributed by atoms with van der Waals surface area (Å²) in [7, 11) is 5.57. The number of likely N-dealkylation sites (N-methyl/N-ethyl adjacent to an activating group) is 1. The number of amides is 1. The lowest BCUT2D eigenvalue weighted by Crippen LogP contribution is -2.51. The van der Waals surface area contributed by atoms with Crippen molar-refractivity contribution in [3.05, 3.63) is 23.8 Å². The first-order chi connectivity index (χ1) is 12.0. The Kier molecular flexibility index (Phi) is 3.95. The molecule has 3 fully saturated rings. The van der Waals surface area contributed by atoms with Crippen LogP contribution in [0, 0.1) is 5.41 Å². The third-order valence-electron chi connectivity index (χ3n) is 7.04. The van der Waals surface area contributed by atoms with Gasteiger partial charge in [-0.1, -0.05) is 6.07 Å². The lowest BCUT2D eigenvalue weighted by Gasteiger charge is -2.48. The fraction of sp³-hybridized carbons (Fsp3) is 0.650. The van der Waals surface area contributed by atoms with Crippen molar-refractivity contribution in [2.24, 2.45) is 5.41 Å². The molecule has 2 saturated heterocycles. The van der Waals surface area contributed by atoms with Crippen LogP contribution in [0.4, 0.5) is 0 Å². The molecule has 2 aliphatic heterocycles. The Morgan fingerprint density at radius 1 is 1.12 bits per heavy atom. The first-order valence-electron chi connectivity index (χ1n) is 9.26. The third-order valence-corrected chi connectivity index (χ3v) is 7.04. The highest BCUT2D eigenvalue weighted by atomic mass is 16.5. The minimum absolute atomic E-state index is 0.114. The van der Waals surface area contributed by atoms with Crippen molar-refractivity contribution >= 4 is 5.91 Å². The van der Waals surface area contributed by atoms with Crippen LogP contribution in [0.25, 0.3) is 0 Å². The third kappa shape index (κ3) is 2.35. The molecule has 5 nitrogen and oxygen atoms in total. The van der Waals surface area contributed by atoms with Crippen LogP contribution in [0.1, 0.15) is 37.7 Å². The molecule has 1 aromatic rings. The van der Waals surface area contributed by atoms with Gasteiger partial charge < -0.3 is 19.7 Å². The number of hydrogen-bond acceptors (Lipinski definition) is 4. The summed E-state index contributed by atoms with van der Waals surface area (Å²) in [6.07, 6.45) is 5.13. The van der Waals surface area contributed by atoms with Crippen LogP contribution in [0.5, 0.6) is 11.5 Å². The molecular weight excluding hydrogens is 316 g/mol. The van der Waals surface area contributed by atoms with E-state index in [-0.39, 0.29) is 16.7 Å². The Hall–Kier alpha value is -1.75. The van der Waals surface area contributed by atoms with Gasteiger partial charge in [-0.05, 0) is 63.4 Å². The zero-order valence-corrected chi connectivity index (χ0v) is 15.4. The Morgan fingerprint density at radius 3 is 2.60 bits per heavy atom. The minimum Gasteiger partial charge on any atom is -0.493 e. The molecule has 3 atom stereocenters. The van der Waals surface area contributed by atoms with Gasteiger partial charge in [0.15, 0.2) is 11.5 Å². The molecular formula is C20H28N2O3. The summed E-state index contributed by atoms with van der Waals surface area (Å²) in [5, 5.41) is 3.07. The highest BCUT2D eigenvalue weighted by Crippen LogP contribution is 2.56. The van der Waals surface area contributed by atoms with Crippen molar-refractivity contribution < 1.29 is 14.3 Å². The van der Waals surface area contributed by atoms with E-state index in [0.717, 1.165) is 56.7 Å². The predicted molar refractivity (Wildman–Crippen MR) is 96.2 cm³/mol. The number of rotatable bonds is 3. The second-order valence-electron chi connectivity index (χ2n) is 7.96. The molecule has 136 valence electrons. The van der Waals surface area contributed by atoms with Gasteiger partial charge in [0.05, 0.1) is 19.6 Å². The van der Waals surface area contributed by atoms with Gasteiger partial charge in [-0.25, -0.2) is 0 Å². The topological polar surface area (TPSA) is 50.8 Å². The molecule has 25 heavy (non-hydrogen) atoms. The summed E-state index contributed by atoms with van der Waals surface area (Å²) in [6, 6.07) is 6.77. The van der Waals surface area contributed by atoms with Gasteiger partial charge in [0, 0.05) is 18.0 Å². The molecule has 1 spiro atoms. The van der Waals surface area contributed by atoms with Crippen molar-refractivity contribution in [2.45, 2.75) is 43.6 Å². The average molecular weight is 344 g/mol. The maximum atomic E-state index is 12.5. The van der Waals surface area contributed by atoms with Crippen molar-refractivity contribution in [1.29, 1.82) is 0 Å². The Labute approximate surface area is 149 Å². The van der Waals surface area contributed by atoms with Crippen LogP contribution in [0.3, 0.4) is 0 Å². The fourth-order valence-corrected chi connectivity index (χ4v) is 5.47. The summed E-state index contributed by atoms with van der Waals surface area (Å²) in [5.41, 5.74) is 1.29. The number of methoxy groups -OCH3 is 2. The molecule has 3 aliphatic rings. The molecule has 1 N–H and O–H groups in total. The van der Waals surface area contributed by atoms with Crippen LogP contribution in [-0.2, 0) is 10.2 Å². The molecule has 4 rings (SSSR count). The maximum absolute atomic E-state index is 12.5. The number of carbonyl (C=O) groups excluding carboxylic acids is 1. The number of nitrogens with one attached hydrogen (secondary N) is 1. The van der Waals surface area contributed by atoms with E-state index in [1.807, 2.05) is 6.07 Å². The van der Waals surface area contributed by atoms with E-state index in [4.69, 9.17) is 9.47 Å². The number of benzene rings is 1. The van der Waals surface area contributed by atoms with Crippen molar-refractivity contribution in [3.63, 3.8) is 0 Å². The molecule has 0 bridgehead atoms. The average Bonchev–Trinajstić information content (AvgIpc) is 3.16. The van der Waals surface area contributed by atoms with Crippen LogP contribution >= 0.6 is 0 Å². The molecule has 1 saturated carbocycles. The zero-order chi connectivity index (χ0) is 17.7. The summed E-state index contributed by atoms with van der Waals surface area (Å²) < 4.78 is 11.0. The number of likely N-dealkylation sites (tertiary alicyclic amines) is 1. The van der Waals surface area contributed by atoms with E-state index in [9.17, 15) is 4.79 Å². The highest BCUT2D eigenvalue weighted by Gasteiger charge is 2.57. The monoisotopic (exact) mass is 344 g/mol. The summed E-state index contributed by atoms with van der Waals surface area (Å²) in [4.78, 5) is 15.0. The van der Waals surface area contributed by atoms with Crippen molar-refractivity contribution in [3.8, 4) is 11.5 Å². The van der Waals surface area contributed by atoms with E-state index < -0.39 is 0 Å². The Morgan fingerprint density at radius 2 is 1.92 bits per heavy atom. The van der Waals surface area contributed by atoms with Gasteiger partial charge in [-0.3, -0.25) is 4.79 Å². The fourth-order valence-electron chi connectivity index (χ4n) is 5.47. The quantitative estimate of drug-likeness (QED) is 0.914. The van der Waals surface area contributed by atoms with Crippen LogP contribution in [-0.4, -0.2) is 51.2 Å². The van der Waals surface area contributed by atoms with Gasteiger partial charge in [0.25, 0.3) is 0 Å². The minimum atomic E-state index is -0.149. The van der Waals surface area contributed by atoms with E-state index in [1.165, 1.54) is 5.56 Å². The Balaban J connectivity index is 1.72. The van der Waals surface area contributed by atoms with Gasteiger partial charge in [0.1, 0.15) is 0 Å². The zero-order valence-electron chi connectivity index (χ0n) is 15.4. The molecule has 1 amide bonds. The van der Waals surface area contributed by atoms with E-state index in [2.05, 4.69) is 29.4 Å². The Bertz CT molecular complexity index is 692. The van der Waals surface area contributed by atoms with Gasteiger partial charge in [-0.2, -0.15) is 0 Å². The molecule has 5 heteroatoms. The summed E-state index contributed by atoms with van der Waals surface area (Å²) in [5.74, 6) is 1.84. The SMILES string of the molecule is COc1ccc([C@]23CCN(C)[C@H]2CC2(CCNC2=O)CC3)cc1OC. The first-order valence-corrected chi connectivity index (χ1v) is 9.26. The first kappa shape index (κ1) is 16.7. The smallest absolute Gasteiger partial charge is 0.226 e. The van der Waals surface area contributed by atoms with E-state index >= 15 is 0 Å². The number of hydrogen-bond donors (Lipinski definition) is 1. The highest BCUT2D eigenvalue weighted by molar-refractivity contribution is 5.85. The van der Waals surface area contributed by atoms with E-state index in [0.29, 0.717) is 6.04 Å². The number of fused-ring (bicyclic) bond motifs is 1. The van der Waals surface area contributed by atoms with E-state index in [1.54, 1.807) is 14.2 Å². The lowest BCUT2D eigenvalue weighted by molar-refractivity contribution is -0.131. The molecule has 2 heterocycles. The normalized spacial score (nSPS) is 34.8. The standard InChI is InChI=1S/C20H28N2O3/c1-22-11-9-20(14-4-5-15(24-2)16(12-14)25-3)7-6-19(13-17(20)22)8-10-21-18(19)23/h4-5,12,17H,6-11,13H2,1-3H3,(H,21,23)/t17-,19?,20-/m0/s1. The van der Waals surface area contributed by atoms with Crippen LogP contribution in [0.2, 0.25) is 0 Å². The maximum Gasteiger partial charge on any atom is 0.226 e. The van der Waals surface area contributed by atoms with Gasteiger partial charge >= 0.3 is 0 Å². The summed E-state index contributed by atoms with van der Waals surface area (Å²) in [6.45, 7) is 1.91. The molecule has 0 radical (unpaired) electrons. The molecule has 1 unspecified atom stereocenters. The second kappa shape index (κ2) is 5.90. The molecule has 1 aliphatic carbocycles. The largest absolute Gasteiger partial charge is 0.493 e.